The van der Waals surface area contributed by atoms with Crippen molar-refractivity contribution in [1.82, 2.24) is 5.39 Å². The van der Waals surface area contributed by atoms with Crippen LogP contribution in [0.25, 0.3) is 0 Å². The van der Waals surface area contributed by atoms with E-state index >= 15 is 0 Å². The van der Waals surface area contributed by atoms with E-state index in [1.54, 1.807) is 6.92 Å². The van der Waals surface area contributed by atoms with E-state index < -0.39 is 11.7 Å². The maximum absolute atomic E-state index is 10.9. The topological polar surface area (TPSA) is 88.5 Å². The smallest absolute Gasteiger partial charge is 0.434 e. The van der Waals surface area contributed by atoms with Crippen LogP contribution in [0.1, 0.15) is 33.1 Å². The van der Waals surface area contributed by atoms with Gasteiger partial charge in [0, 0.05) is 0 Å². The number of nitrogens with zero attached hydrogens (tertiary/aromatic N) is 1. The summed E-state index contributed by atoms with van der Waals surface area (Å²) in [5.41, 5.74) is -0.712. The number of rotatable bonds is 8. The second kappa shape index (κ2) is 9.43. The van der Waals surface area contributed by atoms with Crippen LogP contribution >= 0.6 is 11.6 Å². The van der Waals surface area contributed by atoms with Gasteiger partial charge in [0.15, 0.2) is 5.56 Å². The average Bonchev–Trinajstić information content (AvgIpc) is 2.14. The molecule has 2 unspecified atom stereocenters. The molecule has 0 radical (unpaired) electrons. The lowest BCUT2D eigenvalue weighted by Gasteiger charge is -2.13. The van der Waals surface area contributed by atoms with Gasteiger partial charge in [-0.05, 0) is 33.1 Å². The Bertz CT molecular complexity index is 214. The van der Waals surface area contributed by atoms with Crippen LogP contribution in [0.5, 0.6) is 0 Å². The molecule has 2 N–H and O–H groups in total. The summed E-state index contributed by atoms with van der Waals surface area (Å²) in [6.45, 7) is 3.41. The van der Waals surface area contributed by atoms with E-state index in [1.807, 2.05) is 0 Å². The van der Waals surface area contributed by atoms with Crippen LogP contribution in [0, 0.1) is 0 Å². The van der Waals surface area contributed by atoms with Gasteiger partial charge < -0.3 is 9.47 Å². The largest absolute Gasteiger partial charge is 0.509 e. The molecule has 0 saturated heterocycles. The van der Waals surface area contributed by atoms with Gasteiger partial charge in [-0.3, -0.25) is 10.4 Å². The summed E-state index contributed by atoms with van der Waals surface area (Å²) in [7, 11) is 0. The molecule has 0 heterocycles. The van der Waals surface area contributed by atoms with Crippen LogP contribution in [-0.4, -0.2) is 40.2 Å². The van der Waals surface area contributed by atoms with Gasteiger partial charge in [-0.1, -0.05) is 11.6 Å². The summed E-state index contributed by atoms with van der Waals surface area (Å²) in [4.78, 5) is 15.4. The molecule has 2 atom stereocenters. The average molecular weight is 272 g/mol. The van der Waals surface area contributed by atoms with Crippen LogP contribution in [0.4, 0.5) is 4.79 Å². The molecule has 0 amide bonds. The molecular weight excluding hydrogens is 254 g/mol. The van der Waals surface area contributed by atoms with Crippen molar-refractivity contribution in [2.45, 2.75) is 44.8 Å². The van der Waals surface area contributed by atoms with Crippen LogP contribution in [0.3, 0.4) is 0 Å². The van der Waals surface area contributed by atoms with Crippen molar-refractivity contribution in [2.24, 2.45) is 0 Å². The minimum Gasteiger partial charge on any atom is -0.434 e. The molecule has 102 valence electrons. The van der Waals surface area contributed by atoms with E-state index in [1.165, 1.54) is 6.92 Å². The molecule has 0 aliphatic rings. The molecule has 0 fully saturated rings. The van der Waals surface area contributed by atoms with Crippen LogP contribution in [-0.2, 0) is 14.3 Å². The van der Waals surface area contributed by atoms with Crippen molar-refractivity contribution in [2.75, 3.05) is 6.61 Å². The minimum absolute atomic E-state index is 0.219. The van der Waals surface area contributed by atoms with Crippen molar-refractivity contribution in [3.05, 3.63) is 0 Å². The molecule has 7 nitrogen and oxygen atoms in total. The van der Waals surface area contributed by atoms with Crippen molar-refractivity contribution >= 4 is 17.8 Å². The molecule has 0 aliphatic carbocycles. The quantitative estimate of drug-likeness (QED) is 0.303. The lowest BCUT2D eigenvalue weighted by Crippen LogP contribution is -2.21. The zero-order valence-electron chi connectivity index (χ0n) is 9.84. The van der Waals surface area contributed by atoms with Crippen molar-refractivity contribution < 1.29 is 29.5 Å². The van der Waals surface area contributed by atoms with Gasteiger partial charge in [0.1, 0.15) is 0 Å². The molecule has 0 saturated carbocycles. The number of hydrogen-bond acceptors (Lipinski definition) is 7. The normalized spacial score (nSPS) is 14.5. The number of carbonyl (C=O) groups is 1. The minimum atomic E-state index is -0.798. The fourth-order valence-electron chi connectivity index (χ4n) is 1.07. The second-order valence-corrected chi connectivity index (χ2v) is 4.04. The molecule has 17 heavy (non-hydrogen) atoms. The Morgan fingerprint density at radius 3 is 2.53 bits per heavy atom. The van der Waals surface area contributed by atoms with E-state index in [4.69, 9.17) is 26.8 Å². The number of ether oxygens (including phenoxy) is 2. The highest BCUT2D eigenvalue weighted by Gasteiger charge is 2.08. The predicted molar refractivity (Wildman–Crippen MR) is 57.6 cm³/mol. The molecule has 0 bridgehead atoms. The Kier molecular flexibility index (Phi) is 9.10. The summed E-state index contributed by atoms with van der Waals surface area (Å²) in [5.74, 6) is 0. The van der Waals surface area contributed by atoms with Crippen molar-refractivity contribution in [1.29, 1.82) is 0 Å². The number of hydrogen-bond donors (Lipinski definition) is 2. The summed E-state index contributed by atoms with van der Waals surface area (Å²) in [5, 5.41) is 16.4. The van der Waals surface area contributed by atoms with Crippen LogP contribution < -0.4 is 0 Å². The van der Waals surface area contributed by atoms with Gasteiger partial charge in [0.05, 0.1) is 18.1 Å². The third kappa shape index (κ3) is 11.7. The second-order valence-electron chi connectivity index (χ2n) is 3.42. The summed E-state index contributed by atoms with van der Waals surface area (Å²) in [6, 6.07) is 0. The van der Waals surface area contributed by atoms with Crippen molar-refractivity contribution in [3.63, 3.8) is 0 Å². The van der Waals surface area contributed by atoms with E-state index in [9.17, 15) is 4.79 Å². The van der Waals surface area contributed by atoms with Gasteiger partial charge in [0.2, 0.25) is 0 Å². The number of alkyl halides is 1. The summed E-state index contributed by atoms with van der Waals surface area (Å²) in [6.07, 6.45) is 0.797. The molecule has 0 spiro atoms. The standard InChI is InChI=1S/C9H18ClNO6/c1-7(17-11(13)14)5-3-4-6-15-9(12)16-8(2)10/h7-8,13-14H,3-6H2,1-2H3. The lowest BCUT2D eigenvalue weighted by molar-refractivity contribution is -0.503. The zero-order chi connectivity index (χ0) is 13.3. The van der Waals surface area contributed by atoms with E-state index in [0.717, 1.165) is 0 Å². The molecule has 8 heteroatoms. The molecule has 0 aromatic heterocycles. The Hall–Kier alpha value is -0.600. The number of halogens is 1. The SMILES string of the molecule is CC(Cl)OC(=O)OCCCCC(C)ON(O)O. The highest BCUT2D eigenvalue weighted by atomic mass is 35.5. The number of carbonyl (C=O) groups excluding carboxylic acids is 1. The molecule has 0 aromatic carbocycles. The van der Waals surface area contributed by atoms with E-state index in [0.29, 0.717) is 19.3 Å². The fraction of sp³-hybridized carbons (Fsp3) is 0.889. The first-order valence-electron chi connectivity index (χ1n) is 5.24. The predicted octanol–water partition coefficient (Wildman–Crippen LogP) is 2.30. The third-order valence-electron chi connectivity index (χ3n) is 1.76. The maximum Gasteiger partial charge on any atom is 0.509 e. The monoisotopic (exact) mass is 271 g/mol. The highest BCUT2D eigenvalue weighted by molar-refractivity contribution is 6.19. The van der Waals surface area contributed by atoms with Crippen LogP contribution in [0.2, 0.25) is 0 Å². The summed E-state index contributed by atoms with van der Waals surface area (Å²) < 4.78 is 9.26. The van der Waals surface area contributed by atoms with Gasteiger partial charge in [0.25, 0.3) is 0 Å². The molecule has 0 aliphatic heterocycles. The number of unbranched alkanes of at least 4 members (excludes halogenated alkanes) is 1. The van der Waals surface area contributed by atoms with Gasteiger partial charge in [-0.25, -0.2) is 9.63 Å². The van der Waals surface area contributed by atoms with Gasteiger partial charge in [-0.15, -0.1) is 0 Å². The van der Waals surface area contributed by atoms with Gasteiger partial charge >= 0.3 is 6.16 Å². The maximum atomic E-state index is 10.9. The Balaban J connectivity index is 3.37. The third-order valence-corrected chi connectivity index (χ3v) is 1.85. The Morgan fingerprint density at radius 2 is 2.00 bits per heavy atom. The Labute approximate surface area is 105 Å². The Morgan fingerprint density at radius 1 is 1.35 bits per heavy atom. The first kappa shape index (κ1) is 16.4. The van der Waals surface area contributed by atoms with E-state index in [-0.39, 0.29) is 18.1 Å². The van der Waals surface area contributed by atoms with Crippen molar-refractivity contribution in [3.8, 4) is 0 Å². The first-order valence-corrected chi connectivity index (χ1v) is 5.67. The first-order chi connectivity index (χ1) is 7.91. The van der Waals surface area contributed by atoms with Crippen LogP contribution in [0.15, 0.2) is 0 Å². The van der Waals surface area contributed by atoms with Gasteiger partial charge in [-0.2, -0.15) is 0 Å². The zero-order valence-corrected chi connectivity index (χ0v) is 10.6. The molecule has 0 rings (SSSR count). The van der Waals surface area contributed by atoms with E-state index in [2.05, 4.69) is 9.57 Å². The lowest BCUT2D eigenvalue weighted by atomic mass is 10.2. The fourth-order valence-corrected chi connectivity index (χ4v) is 1.14. The molecule has 0 aromatic rings. The highest BCUT2D eigenvalue weighted by Crippen LogP contribution is 2.06. The summed E-state index contributed by atoms with van der Waals surface area (Å²) >= 11 is 5.41. The molecular formula is C9H18ClNO6.